The van der Waals surface area contributed by atoms with E-state index in [1.54, 1.807) is 10.6 Å². The van der Waals surface area contributed by atoms with E-state index in [0.29, 0.717) is 10.9 Å². The van der Waals surface area contributed by atoms with Gasteiger partial charge in [0.2, 0.25) is 0 Å². The number of aromatic nitrogens is 3. The maximum absolute atomic E-state index is 12.9. The minimum Gasteiger partial charge on any atom is -0.266 e. The van der Waals surface area contributed by atoms with Crippen LogP contribution in [0.4, 0.5) is 0 Å². The van der Waals surface area contributed by atoms with Gasteiger partial charge in [0.05, 0.1) is 5.69 Å². The van der Waals surface area contributed by atoms with Gasteiger partial charge in [0.25, 0.3) is 5.56 Å². The molecule has 0 aliphatic heterocycles. The Labute approximate surface area is 144 Å². The largest absolute Gasteiger partial charge is 0.284 e. The predicted octanol–water partition coefficient (Wildman–Crippen LogP) is 3.83. The highest BCUT2D eigenvalue weighted by Gasteiger charge is 2.11. The van der Waals surface area contributed by atoms with Gasteiger partial charge in [0.15, 0.2) is 10.9 Å². The van der Waals surface area contributed by atoms with Crippen LogP contribution in [0.5, 0.6) is 0 Å². The Morgan fingerprint density at radius 1 is 0.958 bits per heavy atom. The lowest BCUT2D eigenvalue weighted by Crippen LogP contribution is -2.25. The van der Waals surface area contributed by atoms with Crippen LogP contribution in [-0.2, 0) is 0 Å². The lowest BCUT2D eigenvalue weighted by atomic mass is 10.2. The van der Waals surface area contributed by atoms with Gasteiger partial charge in [0, 0.05) is 0 Å². The van der Waals surface area contributed by atoms with Gasteiger partial charge in [0.1, 0.15) is 0 Å². The zero-order chi connectivity index (χ0) is 16.9. The Kier molecular flexibility index (Phi) is 4.91. The molecule has 0 unspecified atom stereocenters. The average Bonchev–Trinajstić information content (AvgIpc) is 2.62. The van der Waals surface area contributed by atoms with Crippen molar-refractivity contribution in [2.24, 2.45) is 0 Å². The first kappa shape index (κ1) is 16.2. The quantitative estimate of drug-likeness (QED) is 0.680. The van der Waals surface area contributed by atoms with Gasteiger partial charge in [-0.25, -0.2) is 0 Å². The Morgan fingerprint density at radius 3 is 2.33 bits per heavy atom. The third-order valence-corrected chi connectivity index (χ3v) is 4.19. The van der Waals surface area contributed by atoms with Gasteiger partial charge in [-0.3, -0.25) is 9.36 Å². The van der Waals surface area contributed by atoms with Crippen LogP contribution in [0.25, 0.3) is 17.8 Å². The summed E-state index contributed by atoms with van der Waals surface area (Å²) >= 11 is 1.40. The summed E-state index contributed by atoms with van der Waals surface area (Å²) < 4.78 is 1.60. The fourth-order valence-corrected chi connectivity index (χ4v) is 2.78. The summed E-state index contributed by atoms with van der Waals surface area (Å²) in [4.78, 5) is 12.9. The van der Waals surface area contributed by atoms with Crippen LogP contribution in [0.2, 0.25) is 0 Å². The van der Waals surface area contributed by atoms with E-state index in [1.165, 1.54) is 11.8 Å². The SMILES string of the molecule is CSc1nnc(/C=C/c2ccccc2)c(=O)n1-c1ccc(C)cc1. The smallest absolute Gasteiger partial charge is 0.266 e. The van der Waals surface area contributed by atoms with Gasteiger partial charge in [-0.2, -0.15) is 0 Å². The third-order valence-electron chi connectivity index (χ3n) is 3.56. The normalized spacial score (nSPS) is 11.1. The van der Waals surface area contributed by atoms with Gasteiger partial charge in [-0.1, -0.05) is 65.9 Å². The van der Waals surface area contributed by atoms with Crippen molar-refractivity contribution in [3.8, 4) is 5.69 Å². The number of benzene rings is 2. The molecule has 0 bridgehead atoms. The molecule has 0 radical (unpaired) electrons. The maximum atomic E-state index is 12.9. The van der Waals surface area contributed by atoms with Crippen LogP contribution in [0.1, 0.15) is 16.8 Å². The second-order valence-electron chi connectivity index (χ2n) is 5.29. The average molecular weight is 335 g/mol. The second-order valence-corrected chi connectivity index (χ2v) is 6.07. The maximum Gasteiger partial charge on any atom is 0.284 e. The van der Waals surface area contributed by atoms with Crippen LogP contribution in [-0.4, -0.2) is 21.0 Å². The highest BCUT2D eigenvalue weighted by atomic mass is 32.2. The molecule has 0 aliphatic carbocycles. The molecular formula is C19H17N3OS. The Balaban J connectivity index is 2.07. The predicted molar refractivity (Wildman–Crippen MR) is 99.5 cm³/mol. The molecule has 5 heteroatoms. The van der Waals surface area contributed by atoms with Crippen LogP contribution < -0.4 is 5.56 Å². The van der Waals surface area contributed by atoms with E-state index >= 15 is 0 Å². The van der Waals surface area contributed by atoms with Gasteiger partial charge >= 0.3 is 0 Å². The molecule has 1 heterocycles. The zero-order valence-corrected chi connectivity index (χ0v) is 14.3. The highest BCUT2D eigenvalue weighted by molar-refractivity contribution is 7.98. The van der Waals surface area contributed by atoms with E-state index in [1.807, 2.05) is 73.9 Å². The monoisotopic (exact) mass is 335 g/mol. The van der Waals surface area contributed by atoms with Crippen molar-refractivity contribution in [3.63, 3.8) is 0 Å². The number of rotatable bonds is 4. The molecule has 4 nitrogen and oxygen atoms in total. The van der Waals surface area contributed by atoms with Crippen LogP contribution in [0, 0.1) is 6.92 Å². The summed E-state index contributed by atoms with van der Waals surface area (Å²) in [6.45, 7) is 2.01. The molecule has 3 aromatic rings. The van der Waals surface area contributed by atoms with Crippen molar-refractivity contribution in [3.05, 3.63) is 81.8 Å². The molecular weight excluding hydrogens is 318 g/mol. The summed E-state index contributed by atoms with van der Waals surface area (Å²) in [6.07, 6.45) is 5.46. The number of hydrogen-bond donors (Lipinski definition) is 0. The summed E-state index contributed by atoms with van der Waals surface area (Å²) in [7, 11) is 0. The third kappa shape index (κ3) is 3.46. The Morgan fingerprint density at radius 2 is 1.67 bits per heavy atom. The van der Waals surface area contributed by atoms with Crippen LogP contribution in [0.3, 0.4) is 0 Å². The highest BCUT2D eigenvalue weighted by Crippen LogP contribution is 2.16. The van der Waals surface area contributed by atoms with E-state index in [0.717, 1.165) is 16.8 Å². The molecule has 0 aliphatic rings. The topological polar surface area (TPSA) is 47.8 Å². The second kappa shape index (κ2) is 7.27. The lowest BCUT2D eigenvalue weighted by Gasteiger charge is -2.10. The van der Waals surface area contributed by atoms with Crippen molar-refractivity contribution in [2.75, 3.05) is 6.26 Å². The van der Waals surface area contributed by atoms with Crippen molar-refractivity contribution in [1.29, 1.82) is 0 Å². The van der Waals surface area contributed by atoms with E-state index < -0.39 is 0 Å². The molecule has 2 aromatic carbocycles. The number of aryl methyl sites for hydroxylation is 1. The van der Waals surface area contributed by atoms with Crippen molar-refractivity contribution >= 4 is 23.9 Å². The Hall–Kier alpha value is -2.66. The van der Waals surface area contributed by atoms with Crippen molar-refractivity contribution < 1.29 is 0 Å². The van der Waals surface area contributed by atoms with Gasteiger partial charge < -0.3 is 0 Å². The number of thioether (sulfide) groups is 1. The molecule has 0 N–H and O–H groups in total. The van der Waals surface area contributed by atoms with E-state index in [-0.39, 0.29) is 5.56 Å². The molecule has 0 spiro atoms. The first-order chi connectivity index (χ1) is 11.7. The summed E-state index contributed by atoms with van der Waals surface area (Å²) in [5.74, 6) is 0. The van der Waals surface area contributed by atoms with E-state index in [4.69, 9.17) is 0 Å². The molecule has 3 rings (SSSR count). The first-order valence-electron chi connectivity index (χ1n) is 7.53. The number of hydrogen-bond acceptors (Lipinski definition) is 4. The van der Waals surface area contributed by atoms with Crippen LogP contribution in [0.15, 0.2) is 64.5 Å². The van der Waals surface area contributed by atoms with Gasteiger partial charge in [-0.05, 0) is 37.0 Å². The van der Waals surface area contributed by atoms with Gasteiger partial charge in [-0.15, -0.1) is 10.2 Å². The van der Waals surface area contributed by atoms with Crippen LogP contribution >= 0.6 is 11.8 Å². The van der Waals surface area contributed by atoms with E-state index in [2.05, 4.69) is 10.2 Å². The molecule has 120 valence electrons. The standard InChI is InChI=1S/C19H17N3OS/c1-14-8-11-16(12-9-14)22-18(23)17(20-21-19(22)24-2)13-10-15-6-4-3-5-7-15/h3-13H,1-2H3/b13-10+. The minimum absolute atomic E-state index is 0.176. The molecule has 0 saturated heterocycles. The van der Waals surface area contributed by atoms with E-state index in [9.17, 15) is 4.79 Å². The summed E-state index contributed by atoms with van der Waals surface area (Å²) in [6, 6.07) is 17.6. The molecule has 1 aromatic heterocycles. The molecule has 24 heavy (non-hydrogen) atoms. The summed E-state index contributed by atoms with van der Waals surface area (Å²) in [5, 5.41) is 8.84. The molecule has 0 saturated carbocycles. The summed E-state index contributed by atoms with van der Waals surface area (Å²) in [5.41, 5.74) is 3.08. The van der Waals surface area contributed by atoms with Crippen molar-refractivity contribution in [1.82, 2.24) is 14.8 Å². The van der Waals surface area contributed by atoms with Crippen molar-refractivity contribution in [2.45, 2.75) is 12.1 Å². The molecule has 0 atom stereocenters. The number of nitrogens with zero attached hydrogens (tertiary/aromatic N) is 3. The molecule has 0 amide bonds. The fourth-order valence-electron chi connectivity index (χ4n) is 2.28. The fraction of sp³-hybridized carbons (Fsp3) is 0.105. The Bertz CT molecular complexity index is 916. The minimum atomic E-state index is -0.176. The molecule has 0 fully saturated rings. The first-order valence-corrected chi connectivity index (χ1v) is 8.75. The zero-order valence-electron chi connectivity index (χ0n) is 13.5. The lowest BCUT2D eigenvalue weighted by molar-refractivity contribution is 0.722.